The predicted molar refractivity (Wildman–Crippen MR) is 134 cm³/mol. The maximum absolute atomic E-state index is 12.6. The van der Waals surface area contributed by atoms with Crippen molar-refractivity contribution in [1.29, 1.82) is 0 Å². The zero-order chi connectivity index (χ0) is 24.1. The highest BCUT2D eigenvalue weighted by atomic mass is 16.5. The molecule has 2 N–H and O–H groups in total. The quantitative estimate of drug-likeness (QED) is 0.369. The van der Waals surface area contributed by atoms with E-state index in [1.165, 1.54) is 0 Å². The number of hydrogen-bond donors (Lipinski definition) is 2. The lowest BCUT2D eigenvalue weighted by Gasteiger charge is -2.13. The van der Waals surface area contributed by atoms with Gasteiger partial charge in [0.25, 0.3) is 5.91 Å². The Hall–Kier alpha value is -4.39. The molecule has 0 bridgehead atoms. The van der Waals surface area contributed by atoms with Crippen molar-refractivity contribution in [3.63, 3.8) is 0 Å². The lowest BCUT2D eigenvalue weighted by atomic mass is 10.1. The molecule has 1 heterocycles. The Bertz CT molecular complexity index is 1320. The van der Waals surface area contributed by atoms with Gasteiger partial charge in [-0.3, -0.25) is 4.79 Å². The van der Waals surface area contributed by atoms with E-state index in [1.54, 1.807) is 20.4 Å². The van der Waals surface area contributed by atoms with Crippen molar-refractivity contribution in [2.24, 2.45) is 0 Å². The second-order valence-electron chi connectivity index (χ2n) is 7.81. The molecule has 4 rings (SSSR count). The Labute approximate surface area is 198 Å². The van der Waals surface area contributed by atoms with Crippen molar-refractivity contribution in [2.75, 3.05) is 24.9 Å². The summed E-state index contributed by atoms with van der Waals surface area (Å²) in [6.07, 6.45) is 1.69. The molecule has 0 unspecified atom stereocenters. The van der Waals surface area contributed by atoms with Crippen LogP contribution in [0.15, 0.2) is 72.9 Å². The van der Waals surface area contributed by atoms with E-state index in [0.717, 1.165) is 28.1 Å². The van der Waals surface area contributed by atoms with Crippen LogP contribution in [-0.4, -0.2) is 30.1 Å². The molecule has 0 saturated heterocycles. The summed E-state index contributed by atoms with van der Waals surface area (Å²) in [7, 11) is 3.20. The van der Waals surface area contributed by atoms with E-state index in [0.29, 0.717) is 28.7 Å². The number of aromatic nitrogens is 2. The van der Waals surface area contributed by atoms with Crippen LogP contribution in [0.1, 0.15) is 21.5 Å². The molecule has 0 aliphatic heterocycles. The van der Waals surface area contributed by atoms with Gasteiger partial charge in [0.1, 0.15) is 0 Å². The Balaban J connectivity index is 1.55. The minimum absolute atomic E-state index is 0.165. The van der Waals surface area contributed by atoms with Gasteiger partial charge in [0.05, 0.1) is 19.9 Å². The molecule has 0 saturated carbocycles. The molecule has 0 fully saturated rings. The van der Waals surface area contributed by atoms with Crippen molar-refractivity contribution in [3.05, 3.63) is 89.6 Å². The molecule has 0 radical (unpaired) electrons. The van der Waals surface area contributed by atoms with E-state index < -0.39 is 0 Å². The number of methoxy groups -OCH3 is 2. The van der Waals surface area contributed by atoms with Crippen LogP contribution in [-0.2, 0) is 0 Å². The fourth-order valence-corrected chi connectivity index (χ4v) is 3.44. The maximum atomic E-state index is 12.6. The van der Waals surface area contributed by atoms with Gasteiger partial charge in [0.2, 0.25) is 5.95 Å². The summed E-state index contributed by atoms with van der Waals surface area (Å²) in [6, 6.07) is 20.6. The van der Waals surface area contributed by atoms with E-state index in [4.69, 9.17) is 9.47 Å². The molecular formula is C27H26N4O3. The number of anilines is 3. The summed E-state index contributed by atoms with van der Waals surface area (Å²) >= 11 is 0. The molecule has 7 heteroatoms. The molecule has 34 heavy (non-hydrogen) atoms. The van der Waals surface area contributed by atoms with Crippen LogP contribution in [0.4, 0.5) is 17.3 Å². The second-order valence-corrected chi connectivity index (χ2v) is 7.81. The third-order valence-electron chi connectivity index (χ3n) is 5.39. The Morgan fingerprint density at radius 3 is 2.35 bits per heavy atom. The highest BCUT2D eigenvalue weighted by Gasteiger charge is 2.11. The first-order chi connectivity index (χ1) is 16.5. The molecule has 172 valence electrons. The Morgan fingerprint density at radius 1 is 0.853 bits per heavy atom. The average Bonchev–Trinajstić information content (AvgIpc) is 2.86. The molecule has 0 aliphatic carbocycles. The first-order valence-corrected chi connectivity index (χ1v) is 10.8. The number of ether oxygens (including phenoxy) is 2. The summed E-state index contributed by atoms with van der Waals surface area (Å²) < 4.78 is 10.7. The van der Waals surface area contributed by atoms with Crippen LogP contribution in [0.3, 0.4) is 0 Å². The molecular weight excluding hydrogens is 428 g/mol. The van der Waals surface area contributed by atoms with Crippen LogP contribution < -0.4 is 20.1 Å². The smallest absolute Gasteiger partial charge is 0.255 e. The molecule has 1 aromatic heterocycles. The van der Waals surface area contributed by atoms with E-state index in [9.17, 15) is 4.79 Å². The number of aryl methyl sites for hydroxylation is 2. The van der Waals surface area contributed by atoms with Crippen LogP contribution in [0.5, 0.6) is 11.5 Å². The number of carbonyl (C=O) groups excluding carboxylic acids is 1. The number of carbonyl (C=O) groups is 1. The summed E-state index contributed by atoms with van der Waals surface area (Å²) in [5.74, 6) is 1.55. The van der Waals surface area contributed by atoms with Crippen molar-refractivity contribution in [3.8, 4) is 22.8 Å². The molecule has 0 aliphatic rings. The van der Waals surface area contributed by atoms with Crippen molar-refractivity contribution < 1.29 is 14.3 Å². The molecule has 3 aromatic carbocycles. The van der Waals surface area contributed by atoms with Crippen molar-refractivity contribution in [1.82, 2.24) is 9.97 Å². The van der Waals surface area contributed by atoms with Gasteiger partial charge in [-0.1, -0.05) is 23.8 Å². The molecule has 4 aromatic rings. The van der Waals surface area contributed by atoms with E-state index in [2.05, 4.69) is 20.6 Å². The lowest BCUT2D eigenvalue weighted by molar-refractivity contribution is 0.102. The van der Waals surface area contributed by atoms with Crippen LogP contribution in [0.2, 0.25) is 0 Å². The number of benzene rings is 3. The maximum Gasteiger partial charge on any atom is 0.255 e. The largest absolute Gasteiger partial charge is 0.493 e. The minimum atomic E-state index is -0.165. The average molecular weight is 455 g/mol. The molecule has 0 atom stereocenters. The fourth-order valence-electron chi connectivity index (χ4n) is 3.44. The SMILES string of the molecule is COc1ccc(-c2ccnc(Nc3cc(NC(=O)c4ccc(C)cc4)ccc3C)n2)cc1OC. The Kier molecular flexibility index (Phi) is 6.73. The van der Waals surface area contributed by atoms with Gasteiger partial charge in [-0.15, -0.1) is 0 Å². The zero-order valence-electron chi connectivity index (χ0n) is 19.5. The molecule has 0 spiro atoms. The van der Waals surface area contributed by atoms with Crippen LogP contribution in [0.25, 0.3) is 11.3 Å². The van der Waals surface area contributed by atoms with Gasteiger partial charge < -0.3 is 20.1 Å². The molecule has 1 amide bonds. The normalized spacial score (nSPS) is 10.5. The predicted octanol–water partition coefficient (Wildman–Crippen LogP) is 5.77. The van der Waals surface area contributed by atoms with Gasteiger partial charge in [-0.25, -0.2) is 9.97 Å². The fraction of sp³-hybridized carbons (Fsp3) is 0.148. The lowest BCUT2D eigenvalue weighted by Crippen LogP contribution is -2.12. The van der Waals surface area contributed by atoms with Gasteiger partial charge in [0.15, 0.2) is 11.5 Å². The van der Waals surface area contributed by atoms with E-state index >= 15 is 0 Å². The summed E-state index contributed by atoms with van der Waals surface area (Å²) in [5, 5.41) is 6.21. The highest BCUT2D eigenvalue weighted by Crippen LogP contribution is 2.32. The van der Waals surface area contributed by atoms with Crippen molar-refractivity contribution in [2.45, 2.75) is 13.8 Å². The minimum Gasteiger partial charge on any atom is -0.493 e. The topological polar surface area (TPSA) is 85.4 Å². The van der Waals surface area contributed by atoms with Crippen LogP contribution >= 0.6 is 0 Å². The highest BCUT2D eigenvalue weighted by molar-refractivity contribution is 6.04. The third kappa shape index (κ3) is 5.15. The van der Waals surface area contributed by atoms with Crippen molar-refractivity contribution >= 4 is 23.2 Å². The number of nitrogens with zero attached hydrogens (tertiary/aromatic N) is 2. The second kappa shape index (κ2) is 10.0. The van der Waals surface area contributed by atoms with Crippen LogP contribution in [0, 0.1) is 13.8 Å². The number of rotatable bonds is 7. The summed E-state index contributed by atoms with van der Waals surface area (Å²) in [6.45, 7) is 3.97. The monoisotopic (exact) mass is 454 g/mol. The summed E-state index contributed by atoms with van der Waals surface area (Å²) in [4.78, 5) is 21.6. The standard InChI is InChI=1S/C27H26N4O3/c1-17-5-8-19(9-6-17)26(32)29-21-11-7-18(2)23(16-21)31-27-28-14-13-22(30-27)20-10-12-24(33-3)25(15-20)34-4/h5-16H,1-4H3,(H,29,32)(H,28,30,31). The number of nitrogens with one attached hydrogen (secondary N) is 2. The van der Waals surface area contributed by atoms with Gasteiger partial charge in [-0.05, 0) is 67.9 Å². The molecule has 7 nitrogen and oxygen atoms in total. The van der Waals surface area contributed by atoms with Gasteiger partial charge in [-0.2, -0.15) is 0 Å². The number of amides is 1. The first-order valence-electron chi connectivity index (χ1n) is 10.8. The Morgan fingerprint density at radius 2 is 1.62 bits per heavy atom. The summed E-state index contributed by atoms with van der Waals surface area (Å²) in [5.41, 5.74) is 5.79. The number of hydrogen-bond acceptors (Lipinski definition) is 6. The van der Waals surface area contributed by atoms with Gasteiger partial charge >= 0.3 is 0 Å². The van der Waals surface area contributed by atoms with Gasteiger partial charge in [0, 0.05) is 28.7 Å². The third-order valence-corrected chi connectivity index (χ3v) is 5.39. The zero-order valence-corrected chi connectivity index (χ0v) is 19.5. The van der Waals surface area contributed by atoms with E-state index in [1.807, 2.05) is 80.6 Å². The van der Waals surface area contributed by atoms with E-state index in [-0.39, 0.29) is 5.91 Å². The first kappa shape index (κ1) is 22.8.